The number of piperidine rings is 1. The molecule has 184 valence electrons. The van der Waals surface area contributed by atoms with Crippen LogP contribution >= 0.6 is 0 Å². The second-order valence-corrected chi connectivity index (χ2v) is 7.86. The first kappa shape index (κ1) is 24.2. The Hall–Kier alpha value is -3.89. The standard InChI is InChI=1S/C24H22F4N4O3/c1-34-20-13-19-16(12-21(20)35-15-6-9-32(10-7-15)8-3-11-33)23(30-14-29-19)31-18-5-2-4-17(22(18)25)24(26,27)28/h2-5,8,11-15H,6-7,9-10H2,1H3,(H,29,30,31). The van der Waals surface area contributed by atoms with Gasteiger partial charge in [-0.15, -0.1) is 0 Å². The van der Waals surface area contributed by atoms with Crippen LogP contribution < -0.4 is 14.8 Å². The van der Waals surface area contributed by atoms with Gasteiger partial charge in [-0.25, -0.2) is 14.4 Å². The summed E-state index contributed by atoms with van der Waals surface area (Å²) in [5.41, 5.74) is -1.30. The summed E-state index contributed by atoms with van der Waals surface area (Å²) in [6.07, 6.45) is 1.58. The van der Waals surface area contributed by atoms with E-state index in [0.717, 1.165) is 12.4 Å². The van der Waals surface area contributed by atoms with E-state index in [2.05, 4.69) is 15.3 Å². The third-order valence-electron chi connectivity index (χ3n) is 5.62. The van der Waals surface area contributed by atoms with Crippen molar-refractivity contribution in [2.24, 2.45) is 0 Å². The SMILES string of the molecule is COc1cc2ncnc(Nc3cccc(C(F)(F)F)c3F)c2cc1OC1CCN(C=CC=O)CC1. The molecule has 0 atom stereocenters. The van der Waals surface area contributed by atoms with E-state index in [1.165, 1.54) is 25.6 Å². The first-order chi connectivity index (χ1) is 16.8. The Morgan fingerprint density at radius 3 is 2.60 bits per heavy atom. The Kier molecular flexibility index (Phi) is 7.04. The number of hydrogen-bond donors (Lipinski definition) is 1. The van der Waals surface area contributed by atoms with Gasteiger partial charge in [-0.3, -0.25) is 4.79 Å². The summed E-state index contributed by atoms with van der Waals surface area (Å²) >= 11 is 0. The van der Waals surface area contributed by atoms with E-state index in [0.29, 0.717) is 54.4 Å². The van der Waals surface area contributed by atoms with Crippen molar-refractivity contribution in [3.63, 3.8) is 0 Å². The molecular weight excluding hydrogens is 468 g/mol. The zero-order chi connectivity index (χ0) is 25.0. The molecule has 7 nitrogen and oxygen atoms in total. The molecule has 0 spiro atoms. The van der Waals surface area contributed by atoms with Crippen LogP contribution in [-0.2, 0) is 11.0 Å². The lowest BCUT2D eigenvalue weighted by atomic mass is 10.1. The molecule has 1 N–H and O–H groups in total. The summed E-state index contributed by atoms with van der Waals surface area (Å²) in [7, 11) is 1.49. The van der Waals surface area contributed by atoms with Gasteiger partial charge in [0.15, 0.2) is 17.3 Å². The molecule has 0 saturated carbocycles. The number of anilines is 2. The fourth-order valence-corrected chi connectivity index (χ4v) is 3.87. The molecule has 4 rings (SSSR count). The monoisotopic (exact) mass is 490 g/mol. The molecule has 1 aromatic heterocycles. The van der Waals surface area contributed by atoms with E-state index < -0.39 is 17.6 Å². The largest absolute Gasteiger partial charge is 0.493 e. The van der Waals surface area contributed by atoms with Gasteiger partial charge in [-0.05, 0) is 24.3 Å². The van der Waals surface area contributed by atoms with Gasteiger partial charge >= 0.3 is 6.18 Å². The second kappa shape index (κ2) is 10.2. The van der Waals surface area contributed by atoms with Crippen LogP contribution in [0.5, 0.6) is 11.5 Å². The maximum absolute atomic E-state index is 14.6. The van der Waals surface area contributed by atoms with E-state index in [-0.39, 0.29) is 17.6 Å². The van der Waals surface area contributed by atoms with Crippen molar-refractivity contribution in [3.05, 3.63) is 60.3 Å². The van der Waals surface area contributed by atoms with Crippen LogP contribution in [0.2, 0.25) is 0 Å². The lowest BCUT2D eigenvalue weighted by Crippen LogP contribution is -2.35. The molecule has 0 radical (unpaired) electrons. The number of likely N-dealkylation sites (tertiary alicyclic amines) is 1. The van der Waals surface area contributed by atoms with Crippen LogP contribution in [0.4, 0.5) is 29.1 Å². The van der Waals surface area contributed by atoms with Gasteiger partial charge in [0.25, 0.3) is 0 Å². The van der Waals surface area contributed by atoms with Crippen molar-refractivity contribution in [2.45, 2.75) is 25.1 Å². The number of nitrogens with one attached hydrogen (secondary N) is 1. The van der Waals surface area contributed by atoms with E-state index in [1.807, 2.05) is 4.90 Å². The number of nitrogens with zero attached hydrogens (tertiary/aromatic N) is 3. The van der Waals surface area contributed by atoms with E-state index in [9.17, 15) is 22.4 Å². The molecule has 1 aliphatic rings. The number of alkyl halides is 3. The summed E-state index contributed by atoms with van der Waals surface area (Å²) in [6.45, 7) is 1.41. The first-order valence-electron chi connectivity index (χ1n) is 10.8. The smallest absolute Gasteiger partial charge is 0.419 e. The van der Waals surface area contributed by atoms with Crippen molar-refractivity contribution in [3.8, 4) is 11.5 Å². The van der Waals surface area contributed by atoms with Gasteiger partial charge in [0, 0.05) is 43.6 Å². The summed E-state index contributed by atoms with van der Waals surface area (Å²) in [5.74, 6) is -0.471. The number of carbonyl (C=O) groups is 1. The number of benzene rings is 2. The molecule has 2 heterocycles. The number of rotatable bonds is 7. The Bertz CT molecular complexity index is 1240. The minimum Gasteiger partial charge on any atom is -0.493 e. The van der Waals surface area contributed by atoms with Gasteiger partial charge in [0.05, 0.1) is 23.9 Å². The molecule has 2 aromatic carbocycles. The highest BCUT2D eigenvalue weighted by Crippen LogP contribution is 2.38. The summed E-state index contributed by atoms with van der Waals surface area (Å²) in [5, 5.41) is 3.08. The number of halogens is 4. The summed E-state index contributed by atoms with van der Waals surface area (Å²) < 4.78 is 65.6. The lowest BCUT2D eigenvalue weighted by molar-refractivity contribution is -0.139. The van der Waals surface area contributed by atoms with Crippen LogP contribution in [0.15, 0.2) is 48.9 Å². The van der Waals surface area contributed by atoms with Crippen molar-refractivity contribution in [1.29, 1.82) is 0 Å². The van der Waals surface area contributed by atoms with Crippen molar-refractivity contribution in [2.75, 3.05) is 25.5 Å². The van der Waals surface area contributed by atoms with Crippen LogP contribution in [0.1, 0.15) is 18.4 Å². The van der Waals surface area contributed by atoms with Gasteiger partial charge in [-0.1, -0.05) is 6.07 Å². The molecule has 0 bridgehead atoms. The molecule has 1 fully saturated rings. The Balaban J connectivity index is 1.62. The number of methoxy groups -OCH3 is 1. The molecule has 35 heavy (non-hydrogen) atoms. The van der Waals surface area contributed by atoms with Crippen molar-refractivity contribution < 1.29 is 31.8 Å². The van der Waals surface area contributed by atoms with Crippen LogP contribution in [0, 0.1) is 5.82 Å². The summed E-state index contributed by atoms with van der Waals surface area (Å²) in [4.78, 5) is 20.8. The predicted octanol–water partition coefficient (Wildman–Crippen LogP) is 5.10. The molecule has 0 amide bonds. The van der Waals surface area contributed by atoms with Crippen LogP contribution in [0.25, 0.3) is 10.9 Å². The maximum atomic E-state index is 14.6. The van der Waals surface area contributed by atoms with E-state index in [4.69, 9.17) is 9.47 Å². The normalized spacial score (nSPS) is 14.9. The number of carbonyl (C=O) groups excluding carboxylic acids is 1. The number of allylic oxidation sites excluding steroid dienone is 1. The van der Waals surface area contributed by atoms with Gasteiger partial charge in [0.1, 0.15) is 24.5 Å². The van der Waals surface area contributed by atoms with E-state index in [1.54, 1.807) is 18.3 Å². The highest BCUT2D eigenvalue weighted by molar-refractivity contribution is 5.93. The number of hydrogen-bond acceptors (Lipinski definition) is 7. The first-order valence-corrected chi connectivity index (χ1v) is 10.8. The van der Waals surface area contributed by atoms with Gasteiger partial charge in [0.2, 0.25) is 0 Å². The maximum Gasteiger partial charge on any atom is 0.419 e. The average Bonchev–Trinajstić information content (AvgIpc) is 2.84. The number of aldehydes is 1. The number of aromatic nitrogens is 2. The quantitative estimate of drug-likeness (QED) is 0.281. The molecule has 0 aliphatic carbocycles. The number of fused-ring (bicyclic) bond motifs is 1. The molecule has 11 heteroatoms. The van der Waals surface area contributed by atoms with E-state index >= 15 is 0 Å². The third-order valence-corrected chi connectivity index (χ3v) is 5.62. The number of ether oxygens (including phenoxy) is 2. The van der Waals surface area contributed by atoms with Gasteiger partial charge < -0.3 is 19.7 Å². The Labute approximate surface area is 198 Å². The van der Waals surface area contributed by atoms with Crippen molar-refractivity contribution >= 4 is 28.7 Å². The molecule has 1 saturated heterocycles. The third kappa shape index (κ3) is 5.44. The Morgan fingerprint density at radius 1 is 1.14 bits per heavy atom. The average molecular weight is 490 g/mol. The lowest BCUT2D eigenvalue weighted by Gasteiger charge is -2.31. The molecule has 1 aliphatic heterocycles. The highest BCUT2D eigenvalue weighted by atomic mass is 19.4. The van der Waals surface area contributed by atoms with Gasteiger partial charge in [-0.2, -0.15) is 13.2 Å². The molecule has 3 aromatic rings. The fourth-order valence-electron chi connectivity index (χ4n) is 3.87. The zero-order valence-corrected chi connectivity index (χ0v) is 18.7. The molecular formula is C24H22F4N4O3. The van der Waals surface area contributed by atoms with Crippen molar-refractivity contribution in [1.82, 2.24) is 14.9 Å². The van der Waals surface area contributed by atoms with Crippen LogP contribution in [0.3, 0.4) is 0 Å². The fraction of sp³-hybridized carbons (Fsp3) is 0.292. The second-order valence-electron chi connectivity index (χ2n) is 7.86. The minimum atomic E-state index is -4.83. The summed E-state index contributed by atoms with van der Waals surface area (Å²) in [6, 6.07) is 6.25. The predicted molar refractivity (Wildman–Crippen MR) is 121 cm³/mol. The highest BCUT2D eigenvalue weighted by Gasteiger charge is 2.35. The minimum absolute atomic E-state index is 0.120. The Morgan fingerprint density at radius 2 is 1.91 bits per heavy atom. The topological polar surface area (TPSA) is 76.6 Å². The zero-order valence-electron chi connectivity index (χ0n) is 18.7. The van der Waals surface area contributed by atoms with Crippen LogP contribution in [-0.4, -0.2) is 47.5 Å². The molecule has 0 unspecified atom stereocenters.